The number of aromatic nitrogens is 2. The van der Waals surface area contributed by atoms with Gasteiger partial charge in [-0.2, -0.15) is 5.26 Å². The summed E-state index contributed by atoms with van der Waals surface area (Å²) < 4.78 is 2.11. The molecule has 6 nitrogen and oxygen atoms in total. The Morgan fingerprint density at radius 2 is 2.30 bits per heavy atom. The van der Waals surface area contributed by atoms with Gasteiger partial charge >= 0.3 is 6.09 Å². The molecule has 1 amide bonds. The number of unbranched alkanes of at least 4 members (excludes halogenated alkanes) is 1. The molecule has 1 atom stereocenters. The van der Waals surface area contributed by atoms with E-state index in [4.69, 9.17) is 10.4 Å². The number of nitrogens with one attached hydrogen (secondary N) is 1. The Kier molecular flexibility index (Phi) is 5.98. The van der Waals surface area contributed by atoms with Crippen LogP contribution >= 0.6 is 0 Å². The highest BCUT2D eigenvalue weighted by molar-refractivity contribution is 5.76. The first-order valence-electron chi connectivity index (χ1n) is 7.95. The zero-order valence-electron chi connectivity index (χ0n) is 13.3. The first-order chi connectivity index (χ1) is 11.1. The Balaban J connectivity index is 1.93. The fourth-order valence-electron chi connectivity index (χ4n) is 2.73. The van der Waals surface area contributed by atoms with Crippen molar-refractivity contribution in [3.63, 3.8) is 0 Å². The van der Waals surface area contributed by atoms with E-state index in [9.17, 15) is 4.79 Å². The predicted octanol–water partition coefficient (Wildman–Crippen LogP) is 3.37. The molecule has 0 saturated carbocycles. The first-order valence-corrected chi connectivity index (χ1v) is 7.95. The Hall–Kier alpha value is -2.55. The molecule has 23 heavy (non-hydrogen) atoms. The van der Waals surface area contributed by atoms with E-state index in [0.29, 0.717) is 18.0 Å². The molecule has 0 saturated heterocycles. The molecule has 6 heteroatoms. The molecule has 122 valence electrons. The third-order valence-electron chi connectivity index (χ3n) is 4.10. The monoisotopic (exact) mass is 314 g/mol. The van der Waals surface area contributed by atoms with Crippen LogP contribution in [0.25, 0.3) is 11.0 Å². The average Bonchev–Trinajstić information content (AvgIpc) is 2.95. The average molecular weight is 314 g/mol. The summed E-state index contributed by atoms with van der Waals surface area (Å²) in [5.74, 6) is 0.517. The van der Waals surface area contributed by atoms with E-state index >= 15 is 0 Å². The molecule has 0 radical (unpaired) electrons. The topological polar surface area (TPSA) is 90.9 Å². The van der Waals surface area contributed by atoms with Crippen LogP contribution in [-0.2, 0) is 6.54 Å². The summed E-state index contributed by atoms with van der Waals surface area (Å²) in [7, 11) is 0. The minimum absolute atomic E-state index is 0.505. The minimum atomic E-state index is -0.963. The molecule has 0 aliphatic rings. The molecule has 2 N–H and O–H groups in total. The van der Waals surface area contributed by atoms with Crippen molar-refractivity contribution in [2.24, 2.45) is 5.92 Å². The van der Waals surface area contributed by atoms with Gasteiger partial charge in [-0.1, -0.05) is 19.8 Å². The van der Waals surface area contributed by atoms with Crippen LogP contribution in [0.1, 0.15) is 38.2 Å². The number of rotatable bonds is 8. The minimum Gasteiger partial charge on any atom is -0.465 e. The van der Waals surface area contributed by atoms with Crippen molar-refractivity contribution in [3.8, 4) is 6.07 Å². The Morgan fingerprint density at radius 3 is 3.00 bits per heavy atom. The standard InChI is InChI=1S/C17H22N4O2/c1-2-13(5-3-4-8-19-17(22)23)11-21-12-20-15-7-6-14(10-18)9-16(15)21/h6-7,9,12-13,19H,2-5,8,11H2,1H3,(H,22,23)/t13-/m1/s1. The number of imidazole rings is 1. The van der Waals surface area contributed by atoms with Crippen LogP contribution in [0.3, 0.4) is 0 Å². The second-order valence-electron chi connectivity index (χ2n) is 5.71. The van der Waals surface area contributed by atoms with E-state index < -0.39 is 6.09 Å². The lowest BCUT2D eigenvalue weighted by atomic mass is 9.99. The van der Waals surface area contributed by atoms with Gasteiger partial charge in [0.15, 0.2) is 0 Å². The zero-order valence-corrected chi connectivity index (χ0v) is 13.3. The van der Waals surface area contributed by atoms with E-state index in [1.165, 1.54) is 0 Å². The molecule has 0 aliphatic heterocycles. The number of nitriles is 1. The molecule has 1 aromatic carbocycles. The highest BCUT2D eigenvalue weighted by atomic mass is 16.4. The van der Waals surface area contributed by atoms with Gasteiger partial charge in [0.05, 0.1) is 29.0 Å². The summed E-state index contributed by atoms with van der Waals surface area (Å²) in [5, 5.41) is 20.0. The van der Waals surface area contributed by atoms with Crippen LogP contribution in [0.4, 0.5) is 4.79 Å². The molecule has 2 aromatic rings. The number of nitrogens with zero attached hydrogens (tertiary/aromatic N) is 3. The first kappa shape index (κ1) is 16.8. The number of carboxylic acid groups (broad SMARTS) is 1. The van der Waals surface area contributed by atoms with Crippen LogP contribution < -0.4 is 5.32 Å². The highest BCUT2D eigenvalue weighted by Crippen LogP contribution is 2.20. The van der Waals surface area contributed by atoms with Crippen LogP contribution in [0.15, 0.2) is 24.5 Å². The van der Waals surface area contributed by atoms with Crippen molar-refractivity contribution in [3.05, 3.63) is 30.1 Å². The lowest BCUT2D eigenvalue weighted by molar-refractivity contribution is 0.194. The van der Waals surface area contributed by atoms with Crippen molar-refractivity contribution < 1.29 is 9.90 Å². The van der Waals surface area contributed by atoms with E-state index in [1.54, 1.807) is 6.07 Å². The third kappa shape index (κ3) is 4.71. The van der Waals surface area contributed by atoms with Crippen LogP contribution in [-0.4, -0.2) is 27.3 Å². The Morgan fingerprint density at radius 1 is 1.48 bits per heavy atom. The van der Waals surface area contributed by atoms with Gasteiger partial charge in [-0.25, -0.2) is 9.78 Å². The molecular formula is C17H22N4O2. The Labute approximate surface area is 135 Å². The summed E-state index contributed by atoms with van der Waals surface area (Å²) in [6.07, 6.45) is 4.83. The fourth-order valence-corrected chi connectivity index (χ4v) is 2.73. The van der Waals surface area contributed by atoms with Gasteiger partial charge in [-0.05, 0) is 37.0 Å². The number of fused-ring (bicyclic) bond motifs is 1. The maximum atomic E-state index is 10.4. The summed E-state index contributed by atoms with van der Waals surface area (Å²) in [4.78, 5) is 14.8. The number of hydrogen-bond acceptors (Lipinski definition) is 3. The van der Waals surface area contributed by atoms with Gasteiger partial charge in [-0.15, -0.1) is 0 Å². The summed E-state index contributed by atoms with van der Waals surface area (Å²) >= 11 is 0. The zero-order chi connectivity index (χ0) is 16.7. The van der Waals surface area contributed by atoms with E-state index in [0.717, 1.165) is 43.3 Å². The number of amides is 1. The Bertz CT molecular complexity index is 702. The maximum absolute atomic E-state index is 10.4. The van der Waals surface area contributed by atoms with Gasteiger partial charge in [0, 0.05) is 13.1 Å². The van der Waals surface area contributed by atoms with Crippen molar-refractivity contribution in [2.75, 3.05) is 6.54 Å². The van der Waals surface area contributed by atoms with Crippen molar-refractivity contribution in [1.29, 1.82) is 5.26 Å². The molecule has 2 rings (SSSR count). The van der Waals surface area contributed by atoms with E-state index in [-0.39, 0.29) is 0 Å². The van der Waals surface area contributed by atoms with Gasteiger partial charge in [0.2, 0.25) is 0 Å². The van der Waals surface area contributed by atoms with Crippen molar-refractivity contribution >= 4 is 17.1 Å². The van der Waals surface area contributed by atoms with E-state index in [2.05, 4.69) is 27.9 Å². The third-order valence-corrected chi connectivity index (χ3v) is 4.10. The molecule has 0 fully saturated rings. The molecule has 0 spiro atoms. The lowest BCUT2D eigenvalue weighted by Crippen LogP contribution is -2.22. The van der Waals surface area contributed by atoms with Crippen LogP contribution in [0.5, 0.6) is 0 Å². The number of carbonyl (C=O) groups is 1. The lowest BCUT2D eigenvalue weighted by Gasteiger charge is -2.16. The second kappa shape index (κ2) is 8.18. The molecular weight excluding hydrogens is 292 g/mol. The summed E-state index contributed by atoms with van der Waals surface area (Å²) in [6.45, 7) is 3.54. The largest absolute Gasteiger partial charge is 0.465 e. The molecule has 0 bridgehead atoms. The van der Waals surface area contributed by atoms with Gasteiger partial charge in [-0.3, -0.25) is 0 Å². The summed E-state index contributed by atoms with van der Waals surface area (Å²) in [6, 6.07) is 7.71. The normalized spacial score (nSPS) is 12.0. The van der Waals surface area contributed by atoms with Crippen LogP contribution in [0.2, 0.25) is 0 Å². The molecule has 0 aliphatic carbocycles. The van der Waals surface area contributed by atoms with Crippen LogP contribution in [0, 0.1) is 17.2 Å². The van der Waals surface area contributed by atoms with Crippen molar-refractivity contribution in [2.45, 2.75) is 39.2 Å². The molecule has 1 heterocycles. The van der Waals surface area contributed by atoms with Gasteiger partial charge in [0.1, 0.15) is 0 Å². The van der Waals surface area contributed by atoms with Gasteiger partial charge < -0.3 is 15.0 Å². The van der Waals surface area contributed by atoms with Crippen molar-refractivity contribution in [1.82, 2.24) is 14.9 Å². The summed E-state index contributed by atoms with van der Waals surface area (Å²) in [5.41, 5.74) is 2.55. The fraction of sp³-hybridized carbons (Fsp3) is 0.471. The maximum Gasteiger partial charge on any atom is 0.404 e. The second-order valence-corrected chi connectivity index (χ2v) is 5.71. The molecule has 0 unspecified atom stereocenters. The smallest absolute Gasteiger partial charge is 0.404 e. The predicted molar refractivity (Wildman–Crippen MR) is 88.1 cm³/mol. The molecule has 1 aromatic heterocycles. The number of hydrogen-bond donors (Lipinski definition) is 2. The van der Waals surface area contributed by atoms with Gasteiger partial charge in [0.25, 0.3) is 0 Å². The SMILES string of the molecule is CC[C@H](CCCCNC(=O)O)Cn1cnc2ccc(C#N)cc21. The quantitative estimate of drug-likeness (QED) is 0.731. The number of benzene rings is 1. The van der Waals surface area contributed by atoms with E-state index in [1.807, 2.05) is 18.5 Å². The highest BCUT2D eigenvalue weighted by Gasteiger charge is 2.10.